The molecule has 0 spiro atoms. The fourth-order valence-corrected chi connectivity index (χ4v) is 0. The zero-order chi connectivity index (χ0) is 13.4. The Morgan fingerprint density at radius 1 is 0.571 bits per heavy atom. The van der Waals surface area contributed by atoms with Crippen molar-refractivity contribution in [3.63, 3.8) is 0 Å². The third-order valence-corrected chi connectivity index (χ3v) is 0. The Hall–Kier alpha value is -0.780. The molecule has 0 rings (SSSR count). The van der Waals surface area contributed by atoms with Crippen LogP contribution in [-0.2, 0) is 0 Å². The van der Waals surface area contributed by atoms with Gasteiger partial charge < -0.3 is 0 Å². The van der Waals surface area contributed by atoms with E-state index in [4.69, 9.17) is 0 Å². The molecule has 0 aromatic heterocycles. The summed E-state index contributed by atoms with van der Waals surface area (Å²) in [5.74, 6) is 0. The largest absolute Gasteiger partial charge is 0.106 e. The monoisotopic (exact) mass is 202 g/mol. The molecule has 0 saturated heterocycles. The van der Waals surface area contributed by atoms with E-state index in [1.807, 2.05) is 55.4 Å². The van der Waals surface area contributed by atoms with Crippen LogP contribution in [0.15, 0.2) is 38.5 Å². The SMILES string of the molecule is C=C.C=CC.C=CC.CC.CC.CC. The van der Waals surface area contributed by atoms with Gasteiger partial charge >= 0.3 is 0 Å². The van der Waals surface area contributed by atoms with Crippen molar-refractivity contribution in [2.24, 2.45) is 0 Å². The highest BCUT2D eigenvalue weighted by Crippen LogP contribution is 1.38. The van der Waals surface area contributed by atoms with Crippen molar-refractivity contribution in [1.29, 1.82) is 0 Å². The van der Waals surface area contributed by atoms with Crippen LogP contribution in [0.1, 0.15) is 55.4 Å². The van der Waals surface area contributed by atoms with Crippen molar-refractivity contribution in [2.75, 3.05) is 0 Å². The number of allylic oxidation sites excluding steroid dienone is 2. The number of hydrogen-bond acceptors (Lipinski definition) is 0. The molecule has 0 aliphatic heterocycles. The van der Waals surface area contributed by atoms with Crippen molar-refractivity contribution in [2.45, 2.75) is 55.4 Å². The van der Waals surface area contributed by atoms with Crippen molar-refractivity contribution in [3.05, 3.63) is 38.5 Å². The average Bonchev–Trinajstić information content (AvgIpc) is 2.31. The summed E-state index contributed by atoms with van der Waals surface area (Å²) < 4.78 is 0. The van der Waals surface area contributed by atoms with Crippen LogP contribution in [-0.4, -0.2) is 0 Å². The summed E-state index contributed by atoms with van der Waals surface area (Å²) in [6.07, 6.45) is 3.50. The Morgan fingerprint density at radius 2 is 0.571 bits per heavy atom. The average molecular weight is 202 g/mol. The van der Waals surface area contributed by atoms with Gasteiger partial charge in [0.1, 0.15) is 0 Å². The summed E-state index contributed by atoms with van der Waals surface area (Å²) in [6, 6.07) is 0. The molecule has 14 heavy (non-hydrogen) atoms. The molecule has 0 bridgehead atoms. The second-order valence-electron chi connectivity index (χ2n) is 0.816. The Morgan fingerprint density at radius 3 is 0.571 bits per heavy atom. The van der Waals surface area contributed by atoms with Gasteiger partial charge in [-0.15, -0.1) is 26.3 Å². The van der Waals surface area contributed by atoms with E-state index in [2.05, 4.69) is 26.3 Å². The maximum absolute atomic E-state index is 3.36. The van der Waals surface area contributed by atoms with Crippen molar-refractivity contribution < 1.29 is 0 Å². The molecule has 0 heteroatoms. The smallest absolute Gasteiger partial charge is 0.0473 e. The molecular formula is C14H34. The zero-order valence-electron chi connectivity index (χ0n) is 12.0. The van der Waals surface area contributed by atoms with Gasteiger partial charge in [-0.05, 0) is 13.8 Å². The first-order chi connectivity index (χ1) is 6.83. The molecule has 0 heterocycles. The first-order valence-corrected chi connectivity index (χ1v) is 5.47. The quantitative estimate of drug-likeness (QED) is 0.406. The lowest BCUT2D eigenvalue weighted by atomic mass is 10.8. The highest BCUT2D eigenvalue weighted by Gasteiger charge is 1.15. The minimum Gasteiger partial charge on any atom is -0.106 e. The van der Waals surface area contributed by atoms with Crippen LogP contribution in [0.2, 0.25) is 0 Å². The summed E-state index contributed by atoms with van der Waals surface area (Å²) in [5.41, 5.74) is 0. The van der Waals surface area contributed by atoms with Crippen molar-refractivity contribution >= 4 is 0 Å². The van der Waals surface area contributed by atoms with E-state index in [-0.39, 0.29) is 0 Å². The summed E-state index contributed by atoms with van der Waals surface area (Å²) in [6.45, 7) is 28.5. The van der Waals surface area contributed by atoms with Gasteiger partial charge in [-0.25, -0.2) is 0 Å². The first kappa shape index (κ1) is 37.9. The normalized spacial score (nSPS) is 3.43. The van der Waals surface area contributed by atoms with Crippen LogP contribution >= 0.6 is 0 Å². The molecule has 0 unspecified atom stereocenters. The molecule has 0 aromatic carbocycles. The van der Waals surface area contributed by atoms with Crippen LogP contribution in [0, 0.1) is 0 Å². The van der Waals surface area contributed by atoms with Gasteiger partial charge in [-0.3, -0.25) is 0 Å². The molecule has 0 aliphatic rings. The van der Waals surface area contributed by atoms with E-state index in [0.717, 1.165) is 0 Å². The highest BCUT2D eigenvalue weighted by atomic mass is 13.2. The second-order valence-corrected chi connectivity index (χ2v) is 0.816. The number of rotatable bonds is 0. The van der Waals surface area contributed by atoms with Gasteiger partial charge in [-0.2, -0.15) is 0 Å². The fourth-order valence-electron chi connectivity index (χ4n) is 0. The topological polar surface area (TPSA) is 0 Å². The maximum atomic E-state index is 3.36. The Labute approximate surface area is 94.4 Å². The Balaban J connectivity index is -0.0000000139. The molecule has 0 saturated carbocycles. The molecule has 0 nitrogen and oxygen atoms in total. The zero-order valence-corrected chi connectivity index (χ0v) is 12.0. The van der Waals surface area contributed by atoms with Crippen molar-refractivity contribution in [3.8, 4) is 0 Å². The van der Waals surface area contributed by atoms with Gasteiger partial charge in [0.05, 0.1) is 0 Å². The fraction of sp³-hybridized carbons (Fsp3) is 0.571. The highest BCUT2D eigenvalue weighted by molar-refractivity contribution is 4.51. The Kier molecular flexibility index (Phi) is 2800. The standard InChI is InChI=1S/2C3H6.3C2H6.C2H4/c2*1-3-2;4*1-2/h2*3H,1H2,2H3;3*1-2H3;1-2H2. The maximum Gasteiger partial charge on any atom is -0.0473 e. The molecule has 0 amide bonds. The van der Waals surface area contributed by atoms with E-state index in [0.29, 0.717) is 0 Å². The van der Waals surface area contributed by atoms with Crippen LogP contribution in [0.5, 0.6) is 0 Å². The summed E-state index contributed by atoms with van der Waals surface area (Å²) in [4.78, 5) is 0. The summed E-state index contributed by atoms with van der Waals surface area (Å²) >= 11 is 0. The van der Waals surface area contributed by atoms with Crippen LogP contribution in [0.25, 0.3) is 0 Å². The lowest BCUT2D eigenvalue weighted by molar-refractivity contribution is 1.50. The first-order valence-electron chi connectivity index (χ1n) is 5.47. The summed E-state index contributed by atoms with van der Waals surface area (Å²) in [7, 11) is 0. The molecule has 0 N–H and O–H groups in total. The molecule has 0 radical (unpaired) electrons. The van der Waals surface area contributed by atoms with Gasteiger partial charge in [-0.1, -0.05) is 53.7 Å². The minimum atomic E-state index is 1.75. The van der Waals surface area contributed by atoms with E-state index < -0.39 is 0 Å². The third-order valence-electron chi connectivity index (χ3n) is 0. The lowest BCUT2D eigenvalue weighted by Gasteiger charge is -1.31. The predicted molar refractivity (Wildman–Crippen MR) is 77.0 cm³/mol. The van der Waals surface area contributed by atoms with E-state index in [1.54, 1.807) is 12.2 Å². The Bertz CT molecular complexity index is 29.3. The van der Waals surface area contributed by atoms with E-state index in [1.165, 1.54) is 0 Å². The van der Waals surface area contributed by atoms with Crippen LogP contribution in [0.3, 0.4) is 0 Å². The molecule has 90 valence electrons. The van der Waals surface area contributed by atoms with E-state index in [9.17, 15) is 0 Å². The third kappa shape index (κ3) is 1930. The van der Waals surface area contributed by atoms with Gasteiger partial charge in [0.15, 0.2) is 0 Å². The molecular weight excluding hydrogens is 168 g/mol. The van der Waals surface area contributed by atoms with Crippen LogP contribution < -0.4 is 0 Å². The van der Waals surface area contributed by atoms with Gasteiger partial charge in [0, 0.05) is 0 Å². The van der Waals surface area contributed by atoms with Crippen LogP contribution in [0.4, 0.5) is 0 Å². The van der Waals surface area contributed by atoms with E-state index >= 15 is 0 Å². The lowest BCUT2D eigenvalue weighted by Crippen LogP contribution is -1.07. The number of hydrogen-bond donors (Lipinski definition) is 0. The second kappa shape index (κ2) is 1030. The molecule has 0 aromatic rings. The van der Waals surface area contributed by atoms with Gasteiger partial charge in [0.2, 0.25) is 0 Å². The minimum absolute atomic E-state index is 1.75. The molecule has 0 fully saturated rings. The van der Waals surface area contributed by atoms with Gasteiger partial charge in [0.25, 0.3) is 0 Å². The molecule has 0 aliphatic carbocycles. The van der Waals surface area contributed by atoms with Crippen molar-refractivity contribution in [1.82, 2.24) is 0 Å². The molecule has 0 atom stereocenters. The predicted octanol–water partition coefficient (Wildman–Crippen LogP) is 6.27. The summed E-state index contributed by atoms with van der Waals surface area (Å²) in [5, 5.41) is 0.